The van der Waals surface area contributed by atoms with E-state index >= 15 is 4.39 Å². The molecule has 0 fully saturated rings. The Morgan fingerprint density at radius 1 is 1.10 bits per heavy atom. The fraction of sp³-hybridized carbons (Fsp3) is 0.200. The van der Waals surface area contributed by atoms with Gasteiger partial charge in [0.15, 0.2) is 28.7 Å². The molecule has 0 radical (unpaired) electrons. The van der Waals surface area contributed by atoms with E-state index in [4.69, 9.17) is 4.74 Å². The van der Waals surface area contributed by atoms with Crippen LogP contribution < -0.4 is 15.7 Å². The lowest BCUT2D eigenvalue weighted by Gasteiger charge is -2.13. The molecule has 5 aromatic rings. The Morgan fingerprint density at radius 2 is 1.85 bits per heavy atom. The first-order chi connectivity index (χ1) is 18.9. The third kappa shape index (κ3) is 4.88. The van der Waals surface area contributed by atoms with Crippen LogP contribution in [0.1, 0.15) is 41.6 Å². The summed E-state index contributed by atoms with van der Waals surface area (Å²) in [5, 5.41) is 5.91. The largest absolute Gasteiger partial charge is 0.452 e. The molecule has 5 rings (SSSR count). The molecule has 0 saturated heterocycles. The maximum atomic E-state index is 15.0. The molecule has 0 atom stereocenters. The van der Waals surface area contributed by atoms with Crippen LogP contribution >= 0.6 is 0 Å². The van der Waals surface area contributed by atoms with Gasteiger partial charge in [0.2, 0.25) is 0 Å². The summed E-state index contributed by atoms with van der Waals surface area (Å²) in [4.78, 5) is 39.6. The van der Waals surface area contributed by atoms with Crippen LogP contribution in [0.15, 0.2) is 53.7 Å². The first-order valence-electron chi connectivity index (χ1n) is 11.8. The van der Waals surface area contributed by atoms with Gasteiger partial charge in [0.1, 0.15) is 5.52 Å². The van der Waals surface area contributed by atoms with Gasteiger partial charge in [-0.15, -0.1) is 0 Å². The number of aryl methyl sites for hydroxylation is 1. The summed E-state index contributed by atoms with van der Waals surface area (Å²) >= 11 is 0. The van der Waals surface area contributed by atoms with E-state index in [2.05, 4.69) is 30.4 Å². The second-order valence-electron chi connectivity index (χ2n) is 8.92. The number of rotatable bonds is 6. The number of pyridine rings is 1. The van der Waals surface area contributed by atoms with Crippen molar-refractivity contribution in [1.29, 1.82) is 0 Å². The van der Waals surface area contributed by atoms with E-state index in [-0.39, 0.29) is 34.8 Å². The summed E-state index contributed by atoms with van der Waals surface area (Å²) in [5.74, 6) is -2.57. The summed E-state index contributed by atoms with van der Waals surface area (Å²) in [6.45, 7) is 5.13. The van der Waals surface area contributed by atoms with Gasteiger partial charge in [0.25, 0.3) is 11.9 Å². The number of carbonyl (C=O) groups excluding carboxylic acids is 1. The first-order valence-corrected chi connectivity index (χ1v) is 11.8. The van der Waals surface area contributed by atoms with Crippen molar-refractivity contribution in [2.75, 3.05) is 5.32 Å². The number of halogens is 4. The highest BCUT2D eigenvalue weighted by Gasteiger charge is 2.41. The molecule has 40 heavy (non-hydrogen) atoms. The molecule has 206 valence electrons. The fourth-order valence-corrected chi connectivity index (χ4v) is 4.05. The van der Waals surface area contributed by atoms with E-state index in [0.29, 0.717) is 15.9 Å². The normalized spacial score (nSPS) is 11.8. The van der Waals surface area contributed by atoms with Gasteiger partial charge in [-0.1, -0.05) is 0 Å². The Labute approximate surface area is 222 Å². The molecular weight excluding hydrogens is 536 g/mol. The van der Waals surface area contributed by atoms with Crippen molar-refractivity contribution in [3.8, 4) is 17.4 Å². The standard InChI is InChI=1S/C25H20F4N8O3/c1-12(2)36-19-18(7-9-30-21(19)35-24(36)39)40-17-5-4-14(10-16(17)26)34-22(38)15-11-32-37(20(15)25(27,28)29)23-31-8-6-13(3)33-23/h4-12H,1-3H3,(H,34,38)(H,30,35,39). The topological polar surface area (TPSA) is 133 Å². The molecule has 0 aliphatic rings. The number of ether oxygens (including phenoxy) is 1. The molecular formula is C25H20F4N8O3. The van der Waals surface area contributed by atoms with Crippen LogP contribution in [0.5, 0.6) is 11.5 Å². The lowest BCUT2D eigenvalue weighted by atomic mass is 10.2. The van der Waals surface area contributed by atoms with E-state index in [1.807, 2.05) is 0 Å². The van der Waals surface area contributed by atoms with Crippen molar-refractivity contribution in [1.82, 2.24) is 34.3 Å². The van der Waals surface area contributed by atoms with Crippen molar-refractivity contribution in [2.24, 2.45) is 0 Å². The number of amides is 1. The third-order valence-electron chi connectivity index (χ3n) is 5.75. The predicted octanol–water partition coefficient (Wildman–Crippen LogP) is 4.79. The van der Waals surface area contributed by atoms with Crippen LogP contribution in [0.2, 0.25) is 0 Å². The van der Waals surface area contributed by atoms with E-state index in [1.54, 1.807) is 20.8 Å². The highest BCUT2D eigenvalue weighted by Crippen LogP contribution is 2.34. The van der Waals surface area contributed by atoms with Crippen LogP contribution in [-0.4, -0.2) is 40.2 Å². The van der Waals surface area contributed by atoms with Gasteiger partial charge in [0.05, 0.1) is 11.8 Å². The molecule has 0 aliphatic heterocycles. The Balaban J connectivity index is 1.43. The summed E-state index contributed by atoms with van der Waals surface area (Å²) in [5.41, 5.74) is -1.78. The molecule has 15 heteroatoms. The Bertz CT molecular complexity index is 1810. The minimum Gasteiger partial charge on any atom is -0.452 e. The van der Waals surface area contributed by atoms with Gasteiger partial charge < -0.3 is 10.1 Å². The number of hydrogen-bond donors (Lipinski definition) is 2. The zero-order valence-corrected chi connectivity index (χ0v) is 21.1. The number of carbonyl (C=O) groups is 1. The van der Waals surface area contributed by atoms with E-state index in [1.165, 1.54) is 41.2 Å². The van der Waals surface area contributed by atoms with E-state index < -0.39 is 34.8 Å². The molecule has 0 unspecified atom stereocenters. The molecule has 1 aromatic carbocycles. The number of alkyl halides is 3. The SMILES string of the molecule is Cc1ccnc(-n2ncc(C(=O)Nc3ccc(Oc4ccnc5[nH]c(=O)n(C(C)C)c45)c(F)c3)c2C(F)(F)F)n1. The van der Waals surface area contributed by atoms with Crippen molar-refractivity contribution in [3.05, 3.63) is 82.2 Å². The lowest BCUT2D eigenvalue weighted by Crippen LogP contribution is -2.21. The molecule has 1 amide bonds. The molecule has 4 heterocycles. The maximum Gasteiger partial charge on any atom is 0.434 e. The van der Waals surface area contributed by atoms with Crippen molar-refractivity contribution < 1.29 is 27.1 Å². The number of benzene rings is 1. The number of aromatic nitrogens is 7. The Morgan fingerprint density at radius 3 is 2.52 bits per heavy atom. The number of imidazole rings is 1. The van der Waals surface area contributed by atoms with Gasteiger partial charge in [-0.25, -0.2) is 24.1 Å². The smallest absolute Gasteiger partial charge is 0.434 e. The van der Waals surface area contributed by atoms with Gasteiger partial charge in [-0.3, -0.25) is 14.3 Å². The highest BCUT2D eigenvalue weighted by atomic mass is 19.4. The Kier molecular flexibility index (Phi) is 6.57. The zero-order chi connectivity index (χ0) is 28.8. The lowest BCUT2D eigenvalue weighted by molar-refractivity contribution is -0.143. The van der Waals surface area contributed by atoms with Crippen LogP contribution in [0.4, 0.5) is 23.2 Å². The number of aromatic amines is 1. The Hall–Kier alpha value is -5.08. The number of H-pyrrole nitrogens is 1. The summed E-state index contributed by atoms with van der Waals surface area (Å²) in [7, 11) is 0. The van der Waals surface area contributed by atoms with Crippen molar-refractivity contribution in [3.63, 3.8) is 0 Å². The summed E-state index contributed by atoms with van der Waals surface area (Å²) in [6, 6.07) is 6.03. The third-order valence-corrected chi connectivity index (χ3v) is 5.75. The monoisotopic (exact) mass is 556 g/mol. The van der Waals surface area contributed by atoms with Crippen LogP contribution in [0, 0.1) is 12.7 Å². The number of anilines is 1. The number of hydrogen-bond acceptors (Lipinski definition) is 7. The van der Waals surface area contributed by atoms with Gasteiger partial charge >= 0.3 is 11.9 Å². The molecule has 0 spiro atoms. The van der Waals surface area contributed by atoms with Crippen LogP contribution in [-0.2, 0) is 6.18 Å². The minimum absolute atomic E-state index is 0.136. The van der Waals surface area contributed by atoms with Gasteiger partial charge in [-0.05, 0) is 39.0 Å². The second-order valence-corrected chi connectivity index (χ2v) is 8.92. The molecule has 11 nitrogen and oxygen atoms in total. The van der Waals surface area contributed by atoms with Crippen molar-refractivity contribution >= 4 is 22.8 Å². The minimum atomic E-state index is -4.98. The molecule has 4 aromatic heterocycles. The van der Waals surface area contributed by atoms with E-state index in [9.17, 15) is 22.8 Å². The van der Waals surface area contributed by atoms with Crippen LogP contribution in [0.3, 0.4) is 0 Å². The predicted molar refractivity (Wildman–Crippen MR) is 134 cm³/mol. The van der Waals surface area contributed by atoms with Crippen LogP contribution in [0.25, 0.3) is 17.1 Å². The quantitative estimate of drug-likeness (QED) is 0.287. The van der Waals surface area contributed by atoms with Gasteiger partial charge in [0, 0.05) is 41.9 Å². The zero-order valence-electron chi connectivity index (χ0n) is 21.1. The number of nitrogens with zero attached hydrogens (tertiary/aromatic N) is 6. The average Bonchev–Trinajstić information content (AvgIpc) is 3.47. The summed E-state index contributed by atoms with van der Waals surface area (Å²) in [6.07, 6.45) is -1.60. The van der Waals surface area contributed by atoms with E-state index in [0.717, 1.165) is 12.3 Å². The number of nitrogens with one attached hydrogen (secondary N) is 2. The highest BCUT2D eigenvalue weighted by molar-refractivity contribution is 6.05. The maximum absolute atomic E-state index is 15.0. The molecule has 0 aliphatic carbocycles. The fourth-order valence-electron chi connectivity index (χ4n) is 4.05. The first kappa shape index (κ1) is 26.5. The number of fused-ring (bicyclic) bond motifs is 1. The molecule has 2 N–H and O–H groups in total. The average molecular weight is 556 g/mol. The van der Waals surface area contributed by atoms with Gasteiger partial charge in [-0.2, -0.15) is 23.0 Å². The summed E-state index contributed by atoms with van der Waals surface area (Å²) < 4.78 is 64.4. The molecule has 0 saturated carbocycles. The van der Waals surface area contributed by atoms with Crippen molar-refractivity contribution in [2.45, 2.75) is 33.0 Å². The second kappa shape index (κ2) is 9.91. The molecule has 0 bridgehead atoms.